The largest absolute Gasteiger partial charge is 0.384 e. The average molecular weight is 283 g/mol. The van der Waals surface area contributed by atoms with Crippen molar-refractivity contribution in [3.63, 3.8) is 0 Å². The summed E-state index contributed by atoms with van der Waals surface area (Å²) in [6.07, 6.45) is 2.49. The molecule has 1 atom stereocenters. The van der Waals surface area contributed by atoms with Crippen LogP contribution in [0.5, 0.6) is 0 Å². The van der Waals surface area contributed by atoms with Gasteiger partial charge < -0.3 is 15.0 Å². The second kappa shape index (κ2) is 7.13. The minimum Gasteiger partial charge on any atom is -0.384 e. The van der Waals surface area contributed by atoms with Crippen molar-refractivity contribution in [3.8, 4) is 0 Å². The highest BCUT2D eigenvalue weighted by Crippen LogP contribution is 2.27. The third kappa shape index (κ3) is 3.85. The lowest BCUT2D eigenvalue weighted by atomic mass is 9.98. The molecule has 2 rings (SSSR count). The maximum atomic E-state index is 6.33. The Morgan fingerprint density at radius 2 is 2.32 bits per heavy atom. The third-order valence-corrected chi connectivity index (χ3v) is 4.04. The van der Waals surface area contributed by atoms with E-state index < -0.39 is 0 Å². The minimum atomic E-state index is 0.634. The molecule has 1 aromatic rings. The number of nitrogens with one attached hydrogen (secondary N) is 1. The standard InChI is InChI=1S/C15H23ClN2O/c1-17-9-13-5-6-14(8-15(13)16)18-7-3-4-12(10-18)11-19-2/h5-6,8,12,17H,3-4,7,9-11H2,1-2H3. The molecule has 0 bridgehead atoms. The number of halogens is 1. The molecular formula is C15H23ClN2O. The topological polar surface area (TPSA) is 24.5 Å². The van der Waals surface area contributed by atoms with Crippen molar-refractivity contribution in [1.29, 1.82) is 0 Å². The van der Waals surface area contributed by atoms with Crippen LogP contribution in [-0.2, 0) is 11.3 Å². The van der Waals surface area contributed by atoms with Crippen LogP contribution in [0, 0.1) is 5.92 Å². The first kappa shape index (κ1) is 14.6. The van der Waals surface area contributed by atoms with Crippen LogP contribution in [0.3, 0.4) is 0 Å². The predicted molar refractivity (Wildman–Crippen MR) is 81.0 cm³/mol. The zero-order valence-corrected chi connectivity index (χ0v) is 12.5. The van der Waals surface area contributed by atoms with Crippen molar-refractivity contribution < 1.29 is 4.74 Å². The van der Waals surface area contributed by atoms with E-state index in [-0.39, 0.29) is 0 Å². The first-order valence-corrected chi connectivity index (χ1v) is 7.29. The summed E-state index contributed by atoms with van der Waals surface area (Å²) in [5, 5.41) is 3.98. The Hall–Kier alpha value is -0.770. The maximum absolute atomic E-state index is 6.33. The van der Waals surface area contributed by atoms with Crippen molar-refractivity contribution in [2.24, 2.45) is 5.92 Å². The second-order valence-electron chi connectivity index (χ2n) is 5.22. The number of nitrogens with zero attached hydrogens (tertiary/aromatic N) is 1. The lowest BCUT2D eigenvalue weighted by Gasteiger charge is -2.34. The monoisotopic (exact) mass is 282 g/mol. The Balaban J connectivity index is 2.06. The number of methoxy groups -OCH3 is 1. The molecule has 1 saturated heterocycles. The molecule has 106 valence electrons. The third-order valence-electron chi connectivity index (χ3n) is 3.69. The second-order valence-corrected chi connectivity index (χ2v) is 5.62. The molecule has 1 fully saturated rings. The van der Waals surface area contributed by atoms with Gasteiger partial charge in [-0.15, -0.1) is 0 Å². The van der Waals surface area contributed by atoms with Crippen molar-refractivity contribution in [1.82, 2.24) is 5.32 Å². The number of rotatable bonds is 5. The molecule has 1 aromatic carbocycles. The molecule has 1 aliphatic heterocycles. The summed E-state index contributed by atoms with van der Waals surface area (Å²) in [5.74, 6) is 0.634. The Bertz CT molecular complexity index is 409. The molecule has 1 N–H and O–H groups in total. The first-order valence-electron chi connectivity index (χ1n) is 6.91. The van der Waals surface area contributed by atoms with Gasteiger partial charge in [0.1, 0.15) is 0 Å². The number of benzene rings is 1. The van der Waals surface area contributed by atoms with Crippen LogP contribution >= 0.6 is 11.6 Å². The molecule has 0 aromatic heterocycles. The average Bonchev–Trinajstić information content (AvgIpc) is 2.42. The lowest BCUT2D eigenvalue weighted by molar-refractivity contribution is 0.143. The molecule has 0 aliphatic carbocycles. The highest BCUT2D eigenvalue weighted by molar-refractivity contribution is 6.31. The van der Waals surface area contributed by atoms with Gasteiger partial charge in [0.2, 0.25) is 0 Å². The molecular weight excluding hydrogens is 260 g/mol. The molecule has 19 heavy (non-hydrogen) atoms. The van der Waals surface area contributed by atoms with Crippen molar-refractivity contribution in [3.05, 3.63) is 28.8 Å². The normalized spacial score (nSPS) is 19.7. The number of ether oxygens (including phenoxy) is 1. The van der Waals surface area contributed by atoms with Gasteiger partial charge in [0.05, 0.1) is 6.61 Å². The van der Waals surface area contributed by atoms with E-state index in [1.807, 2.05) is 7.05 Å². The van der Waals surface area contributed by atoms with Crippen molar-refractivity contribution >= 4 is 17.3 Å². The molecule has 0 spiro atoms. The Kier molecular flexibility index (Phi) is 5.49. The van der Waals surface area contributed by atoms with E-state index in [4.69, 9.17) is 16.3 Å². The Labute approximate surface area is 120 Å². The number of piperidine rings is 1. The highest BCUT2D eigenvalue weighted by Gasteiger charge is 2.20. The molecule has 4 heteroatoms. The number of hydrogen-bond donors (Lipinski definition) is 1. The lowest BCUT2D eigenvalue weighted by Crippen LogP contribution is -2.37. The van der Waals surface area contributed by atoms with Gasteiger partial charge in [-0.3, -0.25) is 0 Å². The van der Waals surface area contributed by atoms with E-state index in [1.54, 1.807) is 7.11 Å². The summed E-state index contributed by atoms with van der Waals surface area (Å²) in [6, 6.07) is 6.38. The van der Waals surface area contributed by atoms with Gasteiger partial charge in [0, 0.05) is 37.5 Å². The van der Waals surface area contributed by atoms with E-state index >= 15 is 0 Å². The van der Waals surface area contributed by atoms with Gasteiger partial charge in [-0.1, -0.05) is 17.7 Å². The SMILES string of the molecule is CNCc1ccc(N2CCCC(COC)C2)cc1Cl. The predicted octanol–water partition coefficient (Wildman–Crippen LogP) is 2.92. The summed E-state index contributed by atoms with van der Waals surface area (Å²) in [6.45, 7) is 3.84. The van der Waals surface area contributed by atoms with E-state index in [1.165, 1.54) is 18.5 Å². The summed E-state index contributed by atoms with van der Waals surface area (Å²) in [7, 11) is 3.71. The Morgan fingerprint density at radius 1 is 1.47 bits per heavy atom. The summed E-state index contributed by atoms with van der Waals surface area (Å²) >= 11 is 6.33. The molecule has 0 amide bonds. The minimum absolute atomic E-state index is 0.634. The van der Waals surface area contributed by atoms with E-state index in [0.717, 1.165) is 36.8 Å². The van der Waals surface area contributed by atoms with Gasteiger partial charge in [0.25, 0.3) is 0 Å². The van der Waals surface area contributed by atoms with Gasteiger partial charge in [-0.2, -0.15) is 0 Å². The van der Waals surface area contributed by atoms with E-state index in [9.17, 15) is 0 Å². The van der Waals surface area contributed by atoms with E-state index in [0.29, 0.717) is 5.92 Å². The van der Waals surface area contributed by atoms with Crippen molar-refractivity contribution in [2.45, 2.75) is 19.4 Å². The maximum Gasteiger partial charge on any atom is 0.0507 e. The van der Waals surface area contributed by atoms with Crippen LogP contribution in [0.25, 0.3) is 0 Å². The zero-order valence-electron chi connectivity index (χ0n) is 11.8. The van der Waals surface area contributed by atoms with Crippen LogP contribution in [0.1, 0.15) is 18.4 Å². The molecule has 1 unspecified atom stereocenters. The fourth-order valence-electron chi connectivity index (χ4n) is 2.74. The number of hydrogen-bond acceptors (Lipinski definition) is 3. The van der Waals surface area contributed by atoms with Crippen LogP contribution < -0.4 is 10.2 Å². The zero-order chi connectivity index (χ0) is 13.7. The molecule has 1 aliphatic rings. The van der Waals surface area contributed by atoms with Gasteiger partial charge >= 0.3 is 0 Å². The number of anilines is 1. The smallest absolute Gasteiger partial charge is 0.0507 e. The fourth-order valence-corrected chi connectivity index (χ4v) is 2.98. The Morgan fingerprint density at radius 3 is 3.00 bits per heavy atom. The fraction of sp³-hybridized carbons (Fsp3) is 0.600. The van der Waals surface area contributed by atoms with Gasteiger partial charge in [0.15, 0.2) is 0 Å². The molecule has 1 heterocycles. The molecule has 3 nitrogen and oxygen atoms in total. The highest BCUT2D eigenvalue weighted by atomic mass is 35.5. The summed E-state index contributed by atoms with van der Waals surface area (Å²) < 4.78 is 5.28. The first-order chi connectivity index (χ1) is 9.24. The molecule has 0 saturated carbocycles. The van der Waals surface area contributed by atoms with Crippen LogP contribution in [0.4, 0.5) is 5.69 Å². The summed E-state index contributed by atoms with van der Waals surface area (Å²) in [5.41, 5.74) is 2.38. The van der Waals surface area contributed by atoms with E-state index in [2.05, 4.69) is 28.4 Å². The van der Waals surface area contributed by atoms with Gasteiger partial charge in [-0.25, -0.2) is 0 Å². The molecule has 0 radical (unpaired) electrons. The quantitative estimate of drug-likeness (QED) is 0.899. The van der Waals surface area contributed by atoms with Crippen molar-refractivity contribution in [2.75, 3.05) is 38.8 Å². The summed E-state index contributed by atoms with van der Waals surface area (Å²) in [4.78, 5) is 2.42. The van der Waals surface area contributed by atoms with Crippen LogP contribution in [0.2, 0.25) is 5.02 Å². The van der Waals surface area contributed by atoms with Crippen LogP contribution in [0.15, 0.2) is 18.2 Å². The van der Waals surface area contributed by atoms with Gasteiger partial charge in [-0.05, 0) is 43.5 Å². The van der Waals surface area contributed by atoms with Crippen LogP contribution in [-0.4, -0.2) is 33.9 Å².